The molecule has 4 N–H and O–H groups in total. The SMILES string of the molecule is CC.Cc1ccc(CNC2CCN(c3cc(P)c(/C=N/NC(N)=S)cc3F)CC2)cc1. The van der Waals surface area contributed by atoms with Crippen molar-refractivity contribution >= 4 is 43.8 Å². The number of halogens is 1. The van der Waals surface area contributed by atoms with E-state index in [4.69, 9.17) is 18.0 Å². The van der Waals surface area contributed by atoms with E-state index >= 15 is 0 Å². The second-order valence-corrected chi connectivity index (χ2v) is 8.36. The summed E-state index contributed by atoms with van der Waals surface area (Å²) in [5, 5.41) is 8.47. The van der Waals surface area contributed by atoms with Gasteiger partial charge in [-0.25, -0.2) is 4.39 Å². The van der Waals surface area contributed by atoms with Crippen molar-refractivity contribution in [1.82, 2.24) is 10.7 Å². The van der Waals surface area contributed by atoms with Gasteiger partial charge in [-0.1, -0.05) is 43.7 Å². The van der Waals surface area contributed by atoms with E-state index in [1.54, 1.807) is 0 Å². The third-order valence-corrected chi connectivity index (χ3v) is 5.67. The Kier molecular flexibility index (Phi) is 10.3. The van der Waals surface area contributed by atoms with Crippen molar-refractivity contribution < 1.29 is 4.39 Å². The second-order valence-electron chi connectivity index (χ2n) is 7.29. The van der Waals surface area contributed by atoms with Gasteiger partial charge in [-0.2, -0.15) is 5.10 Å². The molecule has 2 aromatic rings. The van der Waals surface area contributed by atoms with Gasteiger partial charge in [-0.3, -0.25) is 5.43 Å². The number of piperidine rings is 1. The molecule has 1 saturated heterocycles. The highest BCUT2D eigenvalue weighted by Crippen LogP contribution is 2.24. The van der Waals surface area contributed by atoms with Gasteiger partial charge < -0.3 is 16.0 Å². The highest BCUT2D eigenvalue weighted by atomic mass is 32.1. The van der Waals surface area contributed by atoms with E-state index in [2.05, 4.69) is 61.2 Å². The fourth-order valence-electron chi connectivity index (χ4n) is 3.41. The predicted octanol–water partition coefficient (Wildman–Crippen LogP) is 3.59. The molecule has 1 unspecified atom stereocenters. The van der Waals surface area contributed by atoms with Crippen LogP contribution in [-0.2, 0) is 6.54 Å². The maximum atomic E-state index is 14.7. The normalized spacial score (nSPS) is 14.3. The lowest BCUT2D eigenvalue weighted by Crippen LogP contribution is -2.42. The van der Waals surface area contributed by atoms with Crippen molar-refractivity contribution in [3.8, 4) is 0 Å². The molecule has 31 heavy (non-hydrogen) atoms. The average molecular weight is 462 g/mol. The number of nitrogens with two attached hydrogens (primary N) is 1. The number of benzene rings is 2. The van der Waals surface area contributed by atoms with Crippen LogP contribution in [0.4, 0.5) is 10.1 Å². The Bertz CT molecular complexity index is 880. The third-order valence-electron chi connectivity index (χ3n) is 5.08. The van der Waals surface area contributed by atoms with Crippen LogP contribution in [0.15, 0.2) is 41.5 Å². The van der Waals surface area contributed by atoms with E-state index in [0.29, 0.717) is 17.3 Å². The average Bonchev–Trinajstić information content (AvgIpc) is 2.77. The molecular formula is C23H33FN5PS. The molecule has 1 fully saturated rings. The summed E-state index contributed by atoms with van der Waals surface area (Å²) >= 11 is 4.70. The minimum absolute atomic E-state index is 0.0718. The van der Waals surface area contributed by atoms with Gasteiger partial charge in [0.25, 0.3) is 0 Å². The van der Waals surface area contributed by atoms with Crippen molar-refractivity contribution in [3.63, 3.8) is 0 Å². The van der Waals surface area contributed by atoms with Gasteiger partial charge in [0.15, 0.2) is 5.11 Å². The summed E-state index contributed by atoms with van der Waals surface area (Å²) in [4.78, 5) is 2.11. The predicted molar refractivity (Wildman–Crippen MR) is 138 cm³/mol. The number of nitrogens with zero attached hydrogens (tertiary/aromatic N) is 2. The van der Waals surface area contributed by atoms with E-state index < -0.39 is 0 Å². The molecule has 0 saturated carbocycles. The first-order valence-electron chi connectivity index (χ1n) is 10.6. The number of rotatable bonds is 6. The molecule has 5 nitrogen and oxygen atoms in total. The van der Waals surface area contributed by atoms with Crippen LogP contribution in [-0.4, -0.2) is 30.5 Å². The quantitative estimate of drug-likeness (QED) is 0.266. The minimum atomic E-state index is -0.251. The molecule has 3 rings (SSSR count). The molecule has 168 valence electrons. The minimum Gasteiger partial charge on any atom is -0.375 e. The number of anilines is 1. The summed E-state index contributed by atoms with van der Waals surface area (Å²) in [6, 6.07) is 12.4. The first kappa shape index (κ1) is 25.2. The molecule has 8 heteroatoms. The van der Waals surface area contributed by atoms with Crippen molar-refractivity contribution in [2.45, 2.75) is 46.2 Å². The summed E-state index contributed by atoms with van der Waals surface area (Å²) in [6.45, 7) is 8.60. The lowest BCUT2D eigenvalue weighted by atomic mass is 10.0. The summed E-state index contributed by atoms with van der Waals surface area (Å²) in [5.41, 5.74) is 11.7. The molecule has 0 spiro atoms. The molecule has 0 aliphatic carbocycles. The van der Waals surface area contributed by atoms with Crippen molar-refractivity contribution in [2.24, 2.45) is 10.8 Å². The maximum absolute atomic E-state index is 14.7. The van der Waals surface area contributed by atoms with E-state index in [1.165, 1.54) is 23.4 Å². The Morgan fingerprint density at radius 3 is 2.52 bits per heavy atom. The number of hydrazone groups is 1. The fourth-order valence-corrected chi connectivity index (χ4v) is 3.77. The van der Waals surface area contributed by atoms with Crippen LogP contribution in [0.2, 0.25) is 0 Å². The van der Waals surface area contributed by atoms with E-state index in [-0.39, 0.29) is 10.9 Å². The van der Waals surface area contributed by atoms with Gasteiger partial charge in [-0.15, -0.1) is 9.24 Å². The second kappa shape index (κ2) is 12.7. The molecule has 0 amide bonds. The number of thiocarbonyl (C=S) groups is 1. The van der Waals surface area contributed by atoms with Crippen LogP contribution in [0.5, 0.6) is 0 Å². The first-order chi connectivity index (χ1) is 14.9. The topological polar surface area (TPSA) is 65.7 Å². The number of nitrogens with one attached hydrogen (secondary N) is 2. The fraction of sp³-hybridized carbons (Fsp3) is 0.391. The summed E-state index contributed by atoms with van der Waals surface area (Å²) in [5.74, 6) is -0.251. The summed E-state index contributed by atoms with van der Waals surface area (Å²) < 4.78 is 14.7. The number of hydrogen-bond acceptors (Lipinski definition) is 4. The largest absolute Gasteiger partial charge is 0.375 e. The Hall–Kier alpha value is -2.08. The summed E-state index contributed by atoms with van der Waals surface area (Å²) in [6.07, 6.45) is 3.48. The Balaban J connectivity index is 0.00000166. The molecule has 2 aromatic carbocycles. The van der Waals surface area contributed by atoms with Crippen LogP contribution >= 0.6 is 21.5 Å². The van der Waals surface area contributed by atoms with Gasteiger partial charge >= 0.3 is 0 Å². The van der Waals surface area contributed by atoms with Crippen LogP contribution in [0.3, 0.4) is 0 Å². The molecule has 1 atom stereocenters. The monoisotopic (exact) mass is 461 g/mol. The van der Waals surface area contributed by atoms with Crippen molar-refractivity contribution in [1.29, 1.82) is 0 Å². The van der Waals surface area contributed by atoms with Gasteiger partial charge in [-0.05, 0) is 55.0 Å². The van der Waals surface area contributed by atoms with Gasteiger partial charge in [0.2, 0.25) is 0 Å². The zero-order valence-corrected chi connectivity index (χ0v) is 20.5. The first-order valence-corrected chi connectivity index (χ1v) is 11.6. The molecule has 1 aliphatic heterocycles. The van der Waals surface area contributed by atoms with E-state index in [9.17, 15) is 4.39 Å². The van der Waals surface area contributed by atoms with Gasteiger partial charge in [0.05, 0.1) is 11.9 Å². The lowest BCUT2D eigenvalue weighted by Gasteiger charge is -2.34. The third kappa shape index (κ3) is 7.84. The Labute approximate surface area is 192 Å². The molecule has 0 aromatic heterocycles. The van der Waals surface area contributed by atoms with Crippen molar-refractivity contribution in [2.75, 3.05) is 18.0 Å². The zero-order chi connectivity index (χ0) is 22.8. The van der Waals surface area contributed by atoms with Crippen molar-refractivity contribution in [3.05, 3.63) is 58.9 Å². The maximum Gasteiger partial charge on any atom is 0.184 e. The van der Waals surface area contributed by atoms with E-state index in [0.717, 1.165) is 37.8 Å². The van der Waals surface area contributed by atoms with Gasteiger partial charge in [0.1, 0.15) is 5.82 Å². The van der Waals surface area contributed by atoms with Crippen LogP contribution in [0, 0.1) is 12.7 Å². The zero-order valence-electron chi connectivity index (χ0n) is 18.5. The molecular weight excluding hydrogens is 428 g/mol. The van der Waals surface area contributed by atoms with Crippen LogP contribution in [0.25, 0.3) is 0 Å². The van der Waals surface area contributed by atoms with Crippen LogP contribution < -0.4 is 26.7 Å². The molecule has 0 bridgehead atoms. The molecule has 1 aliphatic rings. The Morgan fingerprint density at radius 2 is 1.90 bits per heavy atom. The van der Waals surface area contributed by atoms with Gasteiger partial charge in [0, 0.05) is 31.2 Å². The highest BCUT2D eigenvalue weighted by Gasteiger charge is 2.21. The smallest absolute Gasteiger partial charge is 0.184 e. The number of aryl methyl sites for hydroxylation is 1. The van der Waals surface area contributed by atoms with Crippen LogP contribution in [0.1, 0.15) is 43.4 Å². The lowest BCUT2D eigenvalue weighted by molar-refractivity contribution is 0.411. The molecule has 1 heterocycles. The Morgan fingerprint density at radius 1 is 1.26 bits per heavy atom. The highest BCUT2D eigenvalue weighted by molar-refractivity contribution is 7.80. The van der Waals surface area contributed by atoms with E-state index in [1.807, 2.05) is 19.9 Å². The standard InChI is InChI=1S/C21H27FN5PS.C2H6/c1-14-2-4-15(5-3-14)12-24-17-6-8-27(9-7-17)19-11-20(28)16(10-18(19)22)13-25-26-21(23)29;1-2/h2-5,10-11,13,17,24H,6-9,12,28H2,1H3,(H3,23,26,29);1-2H3/b25-13+;. The molecule has 0 radical (unpaired) electrons. The summed E-state index contributed by atoms with van der Waals surface area (Å²) in [7, 11) is 2.63. The number of hydrogen-bond donors (Lipinski definition) is 3.